The molecular formula is C20H24N4O5. The number of hydrogen-bond acceptors (Lipinski definition) is 6. The maximum atomic E-state index is 12.5. The van der Waals surface area contributed by atoms with Crippen molar-refractivity contribution in [2.75, 3.05) is 7.11 Å². The van der Waals surface area contributed by atoms with Gasteiger partial charge in [0.2, 0.25) is 5.91 Å². The first-order valence-corrected chi connectivity index (χ1v) is 9.22. The standard InChI is InChI=1S/C20H24N4O5/c1-10-14(19(26)22-18-17(10)11(2)23-24(18)4)6-7-16(25)21-9-13-8-15(12(3)29-13)20(27)28-5/h8H,6-7,9H2,1-5H3,(H,21,25)(H,22,26). The molecule has 0 saturated carbocycles. The molecular weight excluding hydrogens is 376 g/mol. The molecule has 0 unspecified atom stereocenters. The predicted molar refractivity (Wildman–Crippen MR) is 106 cm³/mol. The minimum Gasteiger partial charge on any atom is -0.465 e. The van der Waals surface area contributed by atoms with Gasteiger partial charge >= 0.3 is 5.97 Å². The lowest BCUT2D eigenvalue weighted by Crippen LogP contribution is -2.24. The monoisotopic (exact) mass is 400 g/mol. The molecule has 3 heterocycles. The van der Waals surface area contributed by atoms with Crippen LogP contribution in [-0.2, 0) is 29.5 Å². The normalized spacial score (nSPS) is 11.1. The largest absolute Gasteiger partial charge is 0.465 e. The number of ether oxygens (including phenoxy) is 1. The van der Waals surface area contributed by atoms with Gasteiger partial charge < -0.3 is 19.5 Å². The number of aromatic amines is 1. The number of nitrogens with one attached hydrogen (secondary N) is 2. The summed E-state index contributed by atoms with van der Waals surface area (Å²) >= 11 is 0. The maximum absolute atomic E-state index is 12.5. The van der Waals surface area contributed by atoms with E-state index < -0.39 is 5.97 Å². The summed E-state index contributed by atoms with van der Waals surface area (Å²) in [6, 6.07) is 1.55. The van der Waals surface area contributed by atoms with Crippen molar-refractivity contribution in [2.45, 2.75) is 40.2 Å². The molecule has 3 aromatic heterocycles. The second kappa shape index (κ2) is 7.94. The number of carbonyl (C=O) groups is 2. The van der Waals surface area contributed by atoms with Crippen LogP contribution in [0, 0.1) is 20.8 Å². The van der Waals surface area contributed by atoms with Crippen LogP contribution in [0.25, 0.3) is 11.0 Å². The number of furan rings is 1. The van der Waals surface area contributed by atoms with Crippen LogP contribution >= 0.6 is 0 Å². The number of nitrogens with zero attached hydrogens (tertiary/aromatic N) is 2. The van der Waals surface area contributed by atoms with E-state index in [4.69, 9.17) is 4.42 Å². The van der Waals surface area contributed by atoms with Crippen molar-refractivity contribution in [1.29, 1.82) is 0 Å². The number of fused-ring (bicyclic) bond motifs is 1. The van der Waals surface area contributed by atoms with Crippen molar-refractivity contribution in [3.8, 4) is 0 Å². The predicted octanol–water partition coefficient (Wildman–Crippen LogP) is 1.82. The lowest BCUT2D eigenvalue weighted by atomic mass is 10.0. The summed E-state index contributed by atoms with van der Waals surface area (Å²) in [5.41, 5.74) is 3.04. The summed E-state index contributed by atoms with van der Waals surface area (Å²) in [5.74, 6) is 0.182. The fraction of sp³-hybridized carbons (Fsp3) is 0.400. The van der Waals surface area contributed by atoms with E-state index in [1.54, 1.807) is 24.7 Å². The molecule has 0 bridgehead atoms. The van der Waals surface area contributed by atoms with E-state index in [1.165, 1.54) is 7.11 Å². The van der Waals surface area contributed by atoms with Crippen LogP contribution in [0.1, 0.15) is 45.1 Å². The molecule has 0 fully saturated rings. The van der Waals surface area contributed by atoms with E-state index in [-0.39, 0.29) is 24.4 Å². The smallest absolute Gasteiger partial charge is 0.341 e. The van der Waals surface area contributed by atoms with Gasteiger partial charge in [-0.3, -0.25) is 14.3 Å². The molecule has 29 heavy (non-hydrogen) atoms. The van der Waals surface area contributed by atoms with Gasteiger partial charge in [-0.2, -0.15) is 5.10 Å². The minimum absolute atomic E-state index is 0.146. The average molecular weight is 400 g/mol. The number of rotatable bonds is 6. The van der Waals surface area contributed by atoms with Crippen molar-refractivity contribution >= 4 is 22.9 Å². The highest BCUT2D eigenvalue weighted by molar-refractivity contribution is 5.90. The van der Waals surface area contributed by atoms with Gasteiger partial charge in [0.1, 0.15) is 22.7 Å². The van der Waals surface area contributed by atoms with Gasteiger partial charge in [0.25, 0.3) is 5.56 Å². The molecule has 1 amide bonds. The Morgan fingerprint density at radius 3 is 2.72 bits per heavy atom. The summed E-state index contributed by atoms with van der Waals surface area (Å²) < 4.78 is 11.8. The molecule has 9 nitrogen and oxygen atoms in total. The van der Waals surface area contributed by atoms with E-state index in [0.29, 0.717) is 34.7 Å². The Balaban J connectivity index is 1.66. The molecule has 0 saturated heterocycles. The highest BCUT2D eigenvalue weighted by atomic mass is 16.5. The van der Waals surface area contributed by atoms with Crippen LogP contribution < -0.4 is 10.9 Å². The van der Waals surface area contributed by atoms with Crippen LogP contribution in [0.15, 0.2) is 15.3 Å². The zero-order chi connectivity index (χ0) is 21.3. The Kier molecular flexibility index (Phi) is 5.58. The van der Waals surface area contributed by atoms with Crippen molar-refractivity contribution < 1.29 is 18.7 Å². The van der Waals surface area contributed by atoms with E-state index in [9.17, 15) is 14.4 Å². The lowest BCUT2D eigenvalue weighted by molar-refractivity contribution is -0.121. The van der Waals surface area contributed by atoms with Crippen LogP contribution in [0.3, 0.4) is 0 Å². The number of pyridine rings is 1. The molecule has 154 valence electrons. The molecule has 3 rings (SSSR count). The molecule has 0 spiro atoms. The van der Waals surface area contributed by atoms with Crippen molar-refractivity contribution in [3.05, 3.63) is 50.3 Å². The van der Waals surface area contributed by atoms with Crippen LogP contribution in [0.4, 0.5) is 0 Å². The fourth-order valence-corrected chi connectivity index (χ4v) is 3.51. The summed E-state index contributed by atoms with van der Waals surface area (Å²) in [6.07, 6.45) is 0.458. The Morgan fingerprint density at radius 2 is 2.03 bits per heavy atom. The van der Waals surface area contributed by atoms with Gasteiger partial charge in [-0.25, -0.2) is 4.79 Å². The Labute approximate surface area is 167 Å². The number of carbonyl (C=O) groups excluding carboxylic acids is 2. The maximum Gasteiger partial charge on any atom is 0.341 e. The van der Waals surface area contributed by atoms with Crippen molar-refractivity contribution in [2.24, 2.45) is 7.05 Å². The minimum atomic E-state index is -0.486. The molecule has 0 radical (unpaired) electrons. The van der Waals surface area contributed by atoms with E-state index in [0.717, 1.165) is 16.6 Å². The van der Waals surface area contributed by atoms with Crippen molar-refractivity contribution in [1.82, 2.24) is 20.1 Å². The third kappa shape index (κ3) is 3.94. The van der Waals surface area contributed by atoms with E-state index in [2.05, 4.69) is 20.1 Å². The molecule has 9 heteroatoms. The van der Waals surface area contributed by atoms with Crippen LogP contribution in [-0.4, -0.2) is 33.8 Å². The second-order valence-corrected chi connectivity index (χ2v) is 6.94. The fourth-order valence-electron chi connectivity index (χ4n) is 3.51. The first-order valence-electron chi connectivity index (χ1n) is 9.22. The van der Waals surface area contributed by atoms with Crippen LogP contribution in [0.5, 0.6) is 0 Å². The molecule has 2 N–H and O–H groups in total. The summed E-state index contributed by atoms with van der Waals surface area (Å²) in [5, 5.41) is 7.99. The summed E-state index contributed by atoms with van der Waals surface area (Å²) in [7, 11) is 3.07. The molecule has 0 aliphatic rings. The summed E-state index contributed by atoms with van der Waals surface area (Å²) in [4.78, 5) is 39.2. The number of aromatic nitrogens is 3. The molecule has 0 aromatic carbocycles. The zero-order valence-electron chi connectivity index (χ0n) is 17.1. The number of aryl methyl sites for hydroxylation is 4. The second-order valence-electron chi connectivity index (χ2n) is 6.94. The Hall–Kier alpha value is -3.36. The topological polar surface area (TPSA) is 119 Å². The van der Waals surface area contributed by atoms with E-state index in [1.807, 2.05) is 13.8 Å². The Morgan fingerprint density at radius 1 is 1.31 bits per heavy atom. The molecule has 0 aliphatic carbocycles. The SMILES string of the molecule is COC(=O)c1cc(CNC(=O)CCc2c(C)c3c(C)nn(C)c3[nH]c2=O)oc1C. The highest BCUT2D eigenvalue weighted by Gasteiger charge is 2.17. The highest BCUT2D eigenvalue weighted by Crippen LogP contribution is 2.21. The number of esters is 1. The zero-order valence-corrected chi connectivity index (χ0v) is 17.1. The quantitative estimate of drug-likeness (QED) is 0.609. The first kappa shape index (κ1) is 20.4. The summed E-state index contributed by atoms with van der Waals surface area (Å²) in [6.45, 7) is 5.56. The number of H-pyrrole nitrogens is 1. The number of hydrogen-bond donors (Lipinski definition) is 2. The third-order valence-electron chi connectivity index (χ3n) is 4.99. The van der Waals surface area contributed by atoms with Gasteiger partial charge in [-0.1, -0.05) is 0 Å². The molecule has 3 aromatic rings. The van der Waals surface area contributed by atoms with Gasteiger partial charge in [0.05, 0.1) is 19.3 Å². The Bertz CT molecular complexity index is 1150. The average Bonchev–Trinajstić information content (AvgIpc) is 3.18. The van der Waals surface area contributed by atoms with Gasteiger partial charge in [-0.05, 0) is 38.8 Å². The van der Waals surface area contributed by atoms with E-state index >= 15 is 0 Å². The first-order chi connectivity index (χ1) is 13.7. The number of methoxy groups -OCH3 is 1. The lowest BCUT2D eigenvalue weighted by Gasteiger charge is -2.07. The molecule has 0 atom stereocenters. The van der Waals surface area contributed by atoms with Gasteiger partial charge in [0, 0.05) is 24.4 Å². The van der Waals surface area contributed by atoms with Gasteiger partial charge in [0.15, 0.2) is 0 Å². The third-order valence-corrected chi connectivity index (χ3v) is 4.99. The molecule has 0 aliphatic heterocycles. The van der Waals surface area contributed by atoms with Gasteiger partial charge in [-0.15, -0.1) is 0 Å². The van der Waals surface area contributed by atoms with Crippen LogP contribution in [0.2, 0.25) is 0 Å². The number of amides is 1. The van der Waals surface area contributed by atoms with Crippen molar-refractivity contribution in [3.63, 3.8) is 0 Å².